The van der Waals surface area contributed by atoms with E-state index < -0.39 is 11.4 Å². The number of hydrogen-bond donors (Lipinski definition) is 3. The summed E-state index contributed by atoms with van der Waals surface area (Å²) in [6, 6.07) is 17.3. The van der Waals surface area contributed by atoms with E-state index in [0.29, 0.717) is 5.69 Å². The molecule has 3 N–H and O–H groups in total. The van der Waals surface area contributed by atoms with Gasteiger partial charge in [-0.1, -0.05) is 42.5 Å². The van der Waals surface area contributed by atoms with E-state index in [1.165, 1.54) is 0 Å². The van der Waals surface area contributed by atoms with Crippen LogP contribution in [0.25, 0.3) is 11.1 Å². The van der Waals surface area contributed by atoms with Gasteiger partial charge in [0.25, 0.3) is 5.56 Å². The maximum atomic E-state index is 11.7. The molecule has 1 aromatic heterocycles. The van der Waals surface area contributed by atoms with Crippen molar-refractivity contribution < 1.29 is 5.11 Å². The number of nitrogens with zero attached hydrogens (tertiary/aromatic N) is 2. The molecule has 0 unspecified atom stereocenters. The largest absolute Gasteiger partial charge is 0.493 e. The van der Waals surface area contributed by atoms with E-state index in [-0.39, 0.29) is 10.5 Å². The number of hydrogen-bond acceptors (Lipinski definition) is 5. The second-order valence-electron chi connectivity index (χ2n) is 4.72. The molecule has 114 valence electrons. The van der Waals surface area contributed by atoms with Crippen molar-refractivity contribution in [1.82, 2.24) is 9.97 Å². The Hall–Kier alpha value is -3.06. The standard InChI is InChI=1S/C16H12N4O2S/c21-14-13(15(22)18-16(23)17-14)20-19-12-8-6-11(7-9-12)10-4-2-1-3-5-10/h1-9H,(H3,17,18,21,22,23). The summed E-state index contributed by atoms with van der Waals surface area (Å²) in [6.07, 6.45) is 0. The average Bonchev–Trinajstić information content (AvgIpc) is 2.55. The number of H-pyrrole nitrogens is 2. The minimum absolute atomic E-state index is 0.0265. The van der Waals surface area contributed by atoms with E-state index in [9.17, 15) is 9.90 Å². The second kappa shape index (κ2) is 6.37. The van der Waals surface area contributed by atoms with Gasteiger partial charge in [-0.3, -0.25) is 9.78 Å². The zero-order chi connectivity index (χ0) is 16.2. The highest BCUT2D eigenvalue weighted by molar-refractivity contribution is 7.71. The highest BCUT2D eigenvalue weighted by Crippen LogP contribution is 2.24. The van der Waals surface area contributed by atoms with Gasteiger partial charge in [0, 0.05) is 0 Å². The Morgan fingerprint density at radius 3 is 2.17 bits per heavy atom. The molecular formula is C16H12N4O2S. The average molecular weight is 324 g/mol. The van der Waals surface area contributed by atoms with Crippen molar-refractivity contribution in [3.05, 3.63) is 69.7 Å². The van der Waals surface area contributed by atoms with E-state index in [4.69, 9.17) is 12.2 Å². The molecule has 0 saturated carbocycles. The van der Waals surface area contributed by atoms with Crippen LogP contribution in [-0.2, 0) is 0 Å². The van der Waals surface area contributed by atoms with Crippen LogP contribution >= 0.6 is 12.2 Å². The van der Waals surface area contributed by atoms with E-state index >= 15 is 0 Å². The summed E-state index contributed by atoms with van der Waals surface area (Å²) >= 11 is 4.74. The Labute approximate surface area is 136 Å². The number of aromatic hydroxyl groups is 1. The molecule has 7 heteroatoms. The maximum absolute atomic E-state index is 11.7. The van der Waals surface area contributed by atoms with Gasteiger partial charge in [-0.15, -0.1) is 5.11 Å². The zero-order valence-corrected chi connectivity index (χ0v) is 12.7. The lowest BCUT2D eigenvalue weighted by atomic mass is 10.1. The quantitative estimate of drug-likeness (QED) is 0.497. The van der Waals surface area contributed by atoms with Gasteiger partial charge in [0.1, 0.15) is 0 Å². The predicted octanol–water partition coefficient (Wildman–Crippen LogP) is 4.22. The first-order chi connectivity index (χ1) is 11.1. The highest BCUT2D eigenvalue weighted by Gasteiger charge is 2.06. The smallest absolute Gasteiger partial charge is 0.283 e. The highest BCUT2D eigenvalue weighted by atomic mass is 32.1. The number of rotatable bonds is 3. The van der Waals surface area contributed by atoms with Crippen molar-refractivity contribution in [3.63, 3.8) is 0 Å². The van der Waals surface area contributed by atoms with Crippen LogP contribution in [0.1, 0.15) is 0 Å². The van der Waals surface area contributed by atoms with Crippen LogP contribution in [0.4, 0.5) is 11.4 Å². The van der Waals surface area contributed by atoms with Gasteiger partial charge in [-0.05, 0) is 35.5 Å². The fourth-order valence-electron chi connectivity index (χ4n) is 2.02. The summed E-state index contributed by atoms with van der Waals surface area (Å²) in [5, 5.41) is 17.4. The van der Waals surface area contributed by atoms with Crippen LogP contribution in [-0.4, -0.2) is 15.1 Å². The molecular weight excluding hydrogens is 312 g/mol. The lowest BCUT2D eigenvalue weighted by Gasteiger charge is -2.01. The molecule has 0 bridgehead atoms. The van der Waals surface area contributed by atoms with Crippen LogP contribution in [0.15, 0.2) is 69.6 Å². The topological polar surface area (TPSA) is 93.6 Å². The summed E-state index contributed by atoms with van der Waals surface area (Å²) in [5.41, 5.74) is 1.89. The SMILES string of the molecule is O=c1[nH]c(=S)[nH]c(O)c1N=Nc1ccc(-c2ccccc2)cc1. The normalized spacial score (nSPS) is 11.0. The number of aromatic nitrogens is 2. The molecule has 0 spiro atoms. The monoisotopic (exact) mass is 324 g/mol. The molecule has 0 amide bonds. The molecule has 6 nitrogen and oxygen atoms in total. The number of aromatic amines is 2. The van der Waals surface area contributed by atoms with Gasteiger partial charge in [-0.25, -0.2) is 0 Å². The van der Waals surface area contributed by atoms with E-state index in [2.05, 4.69) is 20.2 Å². The zero-order valence-electron chi connectivity index (χ0n) is 11.9. The molecule has 1 heterocycles. The third-order valence-corrected chi connectivity index (χ3v) is 3.34. The molecule has 0 atom stereocenters. The van der Waals surface area contributed by atoms with Crippen LogP contribution in [0.5, 0.6) is 5.88 Å². The molecule has 0 aliphatic rings. The van der Waals surface area contributed by atoms with E-state index in [1.54, 1.807) is 12.1 Å². The minimum Gasteiger partial charge on any atom is -0.493 e. The predicted molar refractivity (Wildman–Crippen MR) is 90.0 cm³/mol. The van der Waals surface area contributed by atoms with Gasteiger partial charge in [0.15, 0.2) is 4.77 Å². The van der Waals surface area contributed by atoms with Crippen molar-refractivity contribution in [2.75, 3.05) is 0 Å². The van der Waals surface area contributed by atoms with Crippen LogP contribution in [0.2, 0.25) is 0 Å². The number of azo groups is 1. The van der Waals surface area contributed by atoms with E-state index in [0.717, 1.165) is 11.1 Å². The summed E-state index contributed by atoms with van der Waals surface area (Å²) in [7, 11) is 0. The third-order valence-electron chi connectivity index (χ3n) is 3.14. The molecule has 0 aliphatic carbocycles. The first-order valence-electron chi connectivity index (χ1n) is 6.76. The minimum atomic E-state index is -0.601. The van der Waals surface area contributed by atoms with Gasteiger partial charge in [0.05, 0.1) is 5.69 Å². The van der Waals surface area contributed by atoms with Crippen molar-refractivity contribution in [3.8, 4) is 17.0 Å². The van der Waals surface area contributed by atoms with Crippen LogP contribution in [0.3, 0.4) is 0 Å². The Balaban J connectivity index is 1.87. The van der Waals surface area contributed by atoms with Crippen molar-refractivity contribution in [2.24, 2.45) is 10.2 Å². The molecule has 0 aliphatic heterocycles. The van der Waals surface area contributed by atoms with Crippen LogP contribution < -0.4 is 5.56 Å². The third kappa shape index (κ3) is 3.41. The molecule has 2 aromatic carbocycles. The summed E-state index contributed by atoms with van der Waals surface area (Å²) in [6.45, 7) is 0. The lowest BCUT2D eigenvalue weighted by Crippen LogP contribution is -2.06. The molecule has 23 heavy (non-hydrogen) atoms. The maximum Gasteiger partial charge on any atom is 0.283 e. The molecule has 0 radical (unpaired) electrons. The lowest BCUT2D eigenvalue weighted by molar-refractivity contribution is 0.451. The fourth-order valence-corrected chi connectivity index (χ4v) is 2.21. The molecule has 3 aromatic rings. The first-order valence-corrected chi connectivity index (χ1v) is 7.17. The Kier molecular flexibility index (Phi) is 4.11. The first kappa shape index (κ1) is 14.9. The molecule has 3 rings (SSSR count). The van der Waals surface area contributed by atoms with Gasteiger partial charge in [-0.2, -0.15) is 5.11 Å². The summed E-state index contributed by atoms with van der Waals surface area (Å²) < 4.78 is 0.0265. The Morgan fingerprint density at radius 2 is 1.52 bits per heavy atom. The van der Waals surface area contributed by atoms with Gasteiger partial charge >= 0.3 is 0 Å². The summed E-state index contributed by atoms with van der Waals surface area (Å²) in [4.78, 5) is 16.4. The summed E-state index contributed by atoms with van der Waals surface area (Å²) in [5.74, 6) is -0.414. The van der Waals surface area contributed by atoms with Crippen LogP contribution in [0, 0.1) is 4.77 Å². The Morgan fingerprint density at radius 1 is 0.870 bits per heavy atom. The van der Waals surface area contributed by atoms with Crippen molar-refractivity contribution in [1.29, 1.82) is 0 Å². The number of benzene rings is 2. The Bertz CT molecular complexity index is 960. The van der Waals surface area contributed by atoms with Gasteiger partial charge < -0.3 is 10.1 Å². The number of nitrogens with one attached hydrogen (secondary N) is 2. The molecule has 0 fully saturated rings. The van der Waals surface area contributed by atoms with Crippen molar-refractivity contribution >= 4 is 23.6 Å². The van der Waals surface area contributed by atoms with E-state index in [1.807, 2.05) is 42.5 Å². The second-order valence-corrected chi connectivity index (χ2v) is 5.13. The molecule has 0 saturated heterocycles. The van der Waals surface area contributed by atoms with Crippen molar-refractivity contribution in [2.45, 2.75) is 0 Å². The van der Waals surface area contributed by atoms with Gasteiger partial charge in [0.2, 0.25) is 11.6 Å². The fraction of sp³-hybridized carbons (Fsp3) is 0.